The van der Waals surface area contributed by atoms with Gasteiger partial charge in [0.2, 0.25) is 0 Å². The van der Waals surface area contributed by atoms with Crippen molar-refractivity contribution in [2.45, 2.75) is 32.2 Å². The van der Waals surface area contributed by atoms with Crippen molar-refractivity contribution < 1.29 is 0 Å². The molecular weight excluding hydrogens is 241 g/mol. The van der Waals surface area contributed by atoms with Gasteiger partial charge in [0, 0.05) is 16.1 Å². The second-order valence-electron chi connectivity index (χ2n) is 4.69. The Hall–Kier alpha value is -0.240. The van der Waals surface area contributed by atoms with Crippen LogP contribution in [0, 0.1) is 5.92 Å². The third-order valence-electron chi connectivity index (χ3n) is 2.95. The van der Waals surface area contributed by atoms with Gasteiger partial charge in [-0.1, -0.05) is 36.2 Å². The van der Waals surface area contributed by atoms with E-state index in [0.717, 1.165) is 34.6 Å². The van der Waals surface area contributed by atoms with Crippen molar-refractivity contribution >= 4 is 23.2 Å². The molecule has 3 heteroatoms. The lowest BCUT2D eigenvalue weighted by Crippen LogP contribution is -2.24. The molecule has 1 aromatic rings. The Morgan fingerprint density at radius 3 is 2.50 bits per heavy atom. The van der Waals surface area contributed by atoms with Crippen LogP contribution < -0.4 is 5.32 Å². The molecule has 1 fully saturated rings. The summed E-state index contributed by atoms with van der Waals surface area (Å²) in [5.41, 5.74) is 1.08. The number of nitrogens with one attached hydrogen (secondary N) is 1. The minimum absolute atomic E-state index is 0.568. The van der Waals surface area contributed by atoms with Gasteiger partial charge in [-0.15, -0.1) is 0 Å². The van der Waals surface area contributed by atoms with Crippen LogP contribution in [0.3, 0.4) is 0 Å². The lowest BCUT2D eigenvalue weighted by molar-refractivity contribution is 0.509. The molecule has 88 valence electrons. The Morgan fingerprint density at radius 1 is 1.31 bits per heavy atom. The van der Waals surface area contributed by atoms with E-state index in [0.29, 0.717) is 5.92 Å². The molecule has 1 unspecified atom stereocenters. The molecule has 1 saturated carbocycles. The van der Waals surface area contributed by atoms with Gasteiger partial charge in [0.25, 0.3) is 0 Å². The van der Waals surface area contributed by atoms with Crippen LogP contribution in [0.4, 0.5) is 0 Å². The van der Waals surface area contributed by atoms with E-state index in [-0.39, 0.29) is 0 Å². The van der Waals surface area contributed by atoms with Crippen molar-refractivity contribution in [1.82, 2.24) is 5.32 Å². The summed E-state index contributed by atoms with van der Waals surface area (Å²) in [6, 6.07) is 6.47. The van der Waals surface area contributed by atoms with Crippen LogP contribution in [-0.4, -0.2) is 12.6 Å². The molecule has 1 aliphatic carbocycles. The molecule has 0 heterocycles. The van der Waals surface area contributed by atoms with Crippen LogP contribution >= 0.6 is 23.2 Å². The van der Waals surface area contributed by atoms with Crippen molar-refractivity contribution in [3.05, 3.63) is 33.8 Å². The van der Waals surface area contributed by atoms with E-state index in [1.165, 1.54) is 12.8 Å². The summed E-state index contributed by atoms with van der Waals surface area (Å²) in [4.78, 5) is 0. The zero-order valence-corrected chi connectivity index (χ0v) is 11.0. The topological polar surface area (TPSA) is 12.0 Å². The summed E-state index contributed by atoms with van der Waals surface area (Å²) in [5, 5.41) is 5.10. The molecule has 0 aromatic heterocycles. The summed E-state index contributed by atoms with van der Waals surface area (Å²) >= 11 is 12.3. The van der Waals surface area contributed by atoms with Crippen molar-refractivity contribution in [2.24, 2.45) is 5.92 Å². The molecule has 0 saturated heterocycles. The fraction of sp³-hybridized carbons (Fsp3) is 0.538. The number of rotatable bonds is 5. The fourth-order valence-electron chi connectivity index (χ4n) is 1.80. The Morgan fingerprint density at radius 2 is 1.94 bits per heavy atom. The monoisotopic (exact) mass is 257 g/mol. The van der Waals surface area contributed by atoms with Crippen LogP contribution in [-0.2, 0) is 6.42 Å². The van der Waals surface area contributed by atoms with Crippen LogP contribution in [0.2, 0.25) is 10.0 Å². The number of hydrogen-bond donors (Lipinski definition) is 1. The first-order valence-corrected chi connectivity index (χ1v) is 6.58. The zero-order chi connectivity index (χ0) is 11.5. The van der Waals surface area contributed by atoms with Gasteiger partial charge in [0.15, 0.2) is 0 Å². The maximum Gasteiger partial charge on any atom is 0.0452 e. The lowest BCUT2D eigenvalue weighted by atomic mass is 10.0. The highest BCUT2D eigenvalue weighted by molar-refractivity contribution is 6.35. The molecule has 0 amide bonds. The van der Waals surface area contributed by atoms with Crippen LogP contribution in [0.25, 0.3) is 0 Å². The molecule has 1 atom stereocenters. The third kappa shape index (κ3) is 3.38. The summed E-state index contributed by atoms with van der Waals surface area (Å²) in [7, 11) is 0. The Labute approximate surface area is 107 Å². The van der Waals surface area contributed by atoms with Gasteiger partial charge >= 0.3 is 0 Å². The molecule has 16 heavy (non-hydrogen) atoms. The van der Waals surface area contributed by atoms with E-state index in [2.05, 4.69) is 12.2 Å². The first-order valence-electron chi connectivity index (χ1n) is 5.83. The average molecular weight is 258 g/mol. The molecule has 1 nitrogen and oxygen atoms in total. The Bertz CT molecular complexity index is 341. The fourth-order valence-corrected chi connectivity index (χ4v) is 2.36. The molecule has 0 aliphatic heterocycles. The van der Waals surface area contributed by atoms with Crippen LogP contribution in [0.15, 0.2) is 18.2 Å². The van der Waals surface area contributed by atoms with Gasteiger partial charge in [0.1, 0.15) is 0 Å². The highest BCUT2D eigenvalue weighted by Gasteiger charge is 2.21. The first kappa shape index (κ1) is 12.2. The molecule has 1 N–H and O–H groups in total. The second kappa shape index (κ2) is 5.39. The first-order chi connectivity index (χ1) is 7.66. The Balaban J connectivity index is 1.91. The lowest BCUT2D eigenvalue weighted by Gasteiger charge is -2.14. The van der Waals surface area contributed by atoms with E-state index in [4.69, 9.17) is 23.2 Å². The Kier molecular flexibility index (Phi) is 4.12. The molecule has 0 radical (unpaired) electrons. The van der Waals surface area contributed by atoms with Crippen molar-refractivity contribution in [1.29, 1.82) is 0 Å². The smallest absolute Gasteiger partial charge is 0.0452 e. The summed E-state index contributed by atoms with van der Waals surface area (Å²) in [6.07, 6.45) is 3.61. The minimum atomic E-state index is 0.568. The standard InChI is InChI=1S/C13H17Cl2N/c1-9(8-16-10-5-6-10)7-11-12(14)3-2-4-13(11)15/h2-4,9-10,16H,5-8H2,1H3. The predicted octanol–water partition coefficient (Wildman–Crippen LogP) is 3.92. The van der Waals surface area contributed by atoms with E-state index < -0.39 is 0 Å². The van der Waals surface area contributed by atoms with Gasteiger partial charge in [-0.25, -0.2) is 0 Å². The average Bonchev–Trinajstić information content (AvgIpc) is 3.04. The normalized spacial score (nSPS) is 17.4. The van der Waals surface area contributed by atoms with Crippen molar-refractivity contribution in [3.63, 3.8) is 0 Å². The highest BCUT2D eigenvalue weighted by Crippen LogP contribution is 2.27. The van der Waals surface area contributed by atoms with Gasteiger partial charge in [-0.3, -0.25) is 0 Å². The molecule has 1 aliphatic rings. The predicted molar refractivity (Wildman–Crippen MR) is 70.4 cm³/mol. The van der Waals surface area contributed by atoms with E-state index in [9.17, 15) is 0 Å². The maximum absolute atomic E-state index is 6.14. The summed E-state index contributed by atoms with van der Waals surface area (Å²) in [5.74, 6) is 0.568. The molecular formula is C13H17Cl2N. The third-order valence-corrected chi connectivity index (χ3v) is 3.65. The SMILES string of the molecule is CC(CNC1CC1)Cc1c(Cl)cccc1Cl. The molecule has 1 aromatic carbocycles. The van der Waals surface area contributed by atoms with Crippen LogP contribution in [0.5, 0.6) is 0 Å². The largest absolute Gasteiger partial charge is 0.314 e. The number of halogens is 2. The highest BCUT2D eigenvalue weighted by atomic mass is 35.5. The van der Waals surface area contributed by atoms with E-state index in [1.807, 2.05) is 18.2 Å². The van der Waals surface area contributed by atoms with E-state index >= 15 is 0 Å². The number of benzene rings is 1. The van der Waals surface area contributed by atoms with Gasteiger partial charge in [-0.05, 0) is 49.4 Å². The zero-order valence-electron chi connectivity index (χ0n) is 9.47. The molecule has 0 spiro atoms. The van der Waals surface area contributed by atoms with Gasteiger partial charge in [0.05, 0.1) is 0 Å². The second-order valence-corrected chi connectivity index (χ2v) is 5.51. The van der Waals surface area contributed by atoms with Crippen molar-refractivity contribution in [2.75, 3.05) is 6.54 Å². The summed E-state index contributed by atoms with van der Waals surface area (Å²) < 4.78 is 0. The minimum Gasteiger partial charge on any atom is -0.314 e. The molecule has 0 bridgehead atoms. The van der Waals surface area contributed by atoms with Crippen molar-refractivity contribution in [3.8, 4) is 0 Å². The summed E-state index contributed by atoms with van der Waals surface area (Å²) in [6.45, 7) is 3.28. The maximum atomic E-state index is 6.14. The quantitative estimate of drug-likeness (QED) is 0.843. The van der Waals surface area contributed by atoms with Gasteiger partial charge in [-0.2, -0.15) is 0 Å². The molecule has 2 rings (SSSR count). The van der Waals surface area contributed by atoms with Gasteiger partial charge < -0.3 is 5.32 Å². The van der Waals surface area contributed by atoms with Crippen LogP contribution in [0.1, 0.15) is 25.3 Å². The van der Waals surface area contributed by atoms with E-state index in [1.54, 1.807) is 0 Å². The number of hydrogen-bond acceptors (Lipinski definition) is 1.